The molecule has 0 saturated heterocycles. The van der Waals surface area contributed by atoms with E-state index in [1.54, 1.807) is 25.1 Å². The smallest absolute Gasteiger partial charge is 0.333 e. The van der Waals surface area contributed by atoms with E-state index < -0.39 is 10.5 Å². The third-order valence-electron chi connectivity index (χ3n) is 2.99. The van der Waals surface area contributed by atoms with Gasteiger partial charge < -0.3 is 15.2 Å². The fraction of sp³-hybridized carbons (Fsp3) is 0.600. The van der Waals surface area contributed by atoms with Crippen LogP contribution in [0.5, 0.6) is 5.75 Å². The number of nitrogens with zero attached hydrogens (tertiary/aromatic N) is 1. The van der Waals surface area contributed by atoms with Gasteiger partial charge in [0.1, 0.15) is 5.69 Å². The van der Waals surface area contributed by atoms with Crippen molar-refractivity contribution in [1.82, 2.24) is 0 Å². The summed E-state index contributed by atoms with van der Waals surface area (Å²) in [7, 11) is 0. The Bertz CT molecular complexity index is 487. The minimum atomic E-state index is -0.905. The summed E-state index contributed by atoms with van der Waals surface area (Å²) in [5.41, 5.74) is -0.648. The molecule has 0 aliphatic rings. The monoisotopic (exact) mass is 296 g/mol. The van der Waals surface area contributed by atoms with Crippen molar-refractivity contribution in [3.05, 3.63) is 28.3 Å². The molecule has 21 heavy (non-hydrogen) atoms. The zero-order valence-electron chi connectivity index (χ0n) is 13.0. The third-order valence-corrected chi connectivity index (χ3v) is 2.99. The fourth-order valence-electron chi connectivity index (χ4n) is 2.11. The van der Waals surface area contributed by atoms with Crippen LogP contribution in [0.15, 0.2) is 18.2 Å². The minimum Gasteiger partial charge on any atom is -0.484 e. The van der Waals surface area contributed by atoms with E-state index in [-0.39, 0.29) is 24.1 Å². The molecule has 0 aliphatic carbocycles. The maximum absolute atomic E-state index is 11.3. The molecule has 1 unspecified atom stereocenters. The standard InChI is InChI=1S/C15H24N2O4/c1-5-9-15(4,18)10-16-12-7-6-8-13(21-11(2)3)14(12)17(19)20/h6-8,11,16,18H,5,9-10H2,1-4H3. The maximum atomic E-state index is 11.3. The van der Waals surface area contributed by atoms with Gasteiger partial charge in [-0.25, -0.2) is 0 Å². The van der Waals surface area contributed by atoms with Crippen LogP contribution >= 0.6 is 0 Å². The molecule has 0 heterocycles. The van der Waals surface area contributed by atoms with E-state index in [1.807, 2.05) is 20.8 Å². The van der Waals surface area contributed by atoms with E-state index in [0.29, 0.717) is 12.1 Å². The molecule has 0 amide bonds. The number of aliphatic hydroxyl groups is 1. The first-order chi connectivity index (χ1) is 9.76. The highest BCUT2D eigenvalue weighted by Crippen LogP contribution is 2.35. The molecule has 0 radical (unpaired) electrons. The predicted molar refractivity (Wildman–Crippen MR) is 82.9 cm³/mol. The molecule has 6 heteroatoms. The molecular formula is C15H24N2O4. The highest BCUT2D eigenvalue weighted by molar-refractivity contribution is 5.68. The Morgan fingerprint density at radius 1 is 1.48 bits per heavy atom. The van der Waals surface area contributed by atoms with E-state index in [0.717, 1.165) is 6.42 Å². The van der Waals surface area contributed by atoms with Crippen molar-refractivity contribution in [2.75, 3.05) is 11.9 Å². The van der Waals surface area contributed by atoms with Gasteiger partial charge >= 0.3 is 5.69 Å². The van der Waals surface area contributed by atoms with Crippen LogP contribution < -0.4 is 10.1 Å². The number of para-hydroxylation sites is 1. The summed E-state index contributed by atoms with van der Waals surface area (Å²) in [4.78, 5) is 10.8. The normalized spacial score (nSPS) is 13.8. The van der Waals surface area contributed by atoms with E-state index in [4.69, 9.17) is 4.74 Å². The summed E-state index contributed by atoms with van der Waals surface area (Å²) in [5, 5.41) is 24.4. The Hall–Kier alpha value is -1.82. The Morgan fingerprint density at radius 3 is 2.67 bits per heavy atom. The van der Waals surface area contributed by atoms with Crippen molar-refractivity contribution >= 4 is 11.4 Å². The zero-order chi connectivity index (χ0) is 16.0. The van der Waals surface area contributed by atoms with Crippen molar-refractivity contribution in [3.8, 4) is 5.75 Å². The largest absolute Gasteiger partial charge is 0.484 e. The van der Waals surface area contributed by atoms with Gasteiger partial charge in [-0.2, -0.15) is 0 Å². The van der Waals surface area contributed by atoms with Crippen LogP contribution in [0.2, 0.25) is 0 Å². The Balaban J connectivity index is 2.99. The van der Waals surface area contributed by atoms with Gasteiger partial charge in [0.2, 0.25) is 0 Å². The fourth-order valence-corrected chi connectivity index (χ4v) is 2.11. The molecule has 118 valence electrons. The van der Waals surface area contributed by atoms with Crippen molar-refractivity contribution in [2.24, 2.45) is 0 Å². The number of ether oxygens (including phenoxy) is 1. The molecule has 1 aromatic carbocycles. The number of nitro groups is 1. The summed E-state index contributed by atoms with van der Waals surface area (Å²) >= 11 is 0. The van der Waals surface area contributed by atoms with Crippen LogP contribution in [0.3, 0.4) is 0 Å². The number of nitro benzene ring substituents is 1. The third kappa shape index (κ3) is 5.23. The number of hydrogen-bond donors (Lipinski definition) is 2. The second-order valence-corrected chi connectivity index (χ2v) is 5.68. The maximum Gasteiger partial charge on any atom is 0.333 e. The summed E-state index contributed by atoms with van der Waals surface area (Å²) in [5.74, 6) is 0.232. The molecular weight excluding hydrogens is 272 g/mol. The quantitative estimate of drug-likeness (QED) is 0.567. The lowest BCUT2D eigenvalue weighted by Crippen LogP contribution is -2.33. The van der Waals surface area contributed by atoms with Gasteiger partial charge in [-0.15, -0.1) is 0 Å². The Morgan fingerprint density at radius 2 is 2.14 bits per heavy atom. The summed E-state index contributed by atoms with van der Waals surface area (Å²) in [6, 6.07) is 4.89. The topological polar surface area (TPSA) is 84.6 Å². The molecule has 1 atom stereocenters. The van der Waals surface area contributed by atoms with Gasteiger partial charge in [-0.05, 0) is 39.3 Å². The highest BCUT2D eigenvalue weighted by atomic mass is 16.6. The molecule has 1 rings (SSSR count). The first-order valence-electron chi connectivity index (χ1n) is 7.17. The van der Waals surface area contributed by atoms with Crippen LogP contribution in [0.4, 0.5) is 11.4 Å². The summed E-state index contributed by atoms with van der Waals surface area (Å²) in [6.07, 6.45) is 1.31. The molecule has 2 N–H and O–H groups in total. The Labute approximate surface area is 125 Å². The van der Waals surface area contributed by atoms with Gasteiger partial charge in [0.25, 0.3) is 0 Å². The van der Waals surface area contributed by atoms with Crippen LogP contribution in [-0.4, -0.2) is 28.3 Å². The van der Waals surface area contributed by atoms with Crippen molar-refractivity contribution in [1.29, 1.82) is 0 Å². The highest BCUT2D eigenvalue weighted by Gasteiger charge is 2.24. The van der Waals surface area contributed by atoms with E-state index >= 15 is 0 Å². The predicted octanol–water partition coefficient (Wildman–Crippen LogP) is 3.35. The zero-order valence-corrected chi connectivity index (χ0v) is 13.0. The van der Waals surface area contributed by atoms with Gasteiger partial charge in [0.05, 0.1) is 16.6 Å². The molecule has 6 nitrogen and oxygen atoms in total. The lowest BCUT2D eigenvalue weighted by molar-refractivity contribution is -0.385. The van der Waals surface area contributed by atoms with Crippen LogP contribution in [0.25, 0.3) is 0 Å². The number of anilines is 1. The second kappa shape index (κ2) is 7.26. The number of hydrogen-bond acceptors (Lipinski definition) is 5. The number of nitrogens with one attached hydrogen (secondary N) is 1. The van der Waals surface area contributed by atoms with E-state index in [1.165, 1.54) is 0 Å². The SMILES string of the molecule is CCCC(C)(O)CNc1cccc(OC(C)C)c1[N+](=O)[O-]. The van der Waals surface area contributed by atoms with Crippen molar-refractivity contribution < 1.29 is 14.8 Å². The first-order valence-corrected chi connectivity index (χ1v) is 7.17. The number of rotatable bonds is 8. The van der Waals surface area contributed by atoms with E-state index in [9.17, 15) is 15.2 Å². The molecule has 1 aromatic rings. The van der Waals surface area contributed by atoms with Gasteiger partial charge in [-0.3, -0.25) is 10.1 Å². The van der Waals surface area contributed by atoms with Crippen LogP contribution in [0.1, 0.15) is 40.5 Å². The lowest BCUT2D eigenvalue weighted by atomic mass is 10.0. The number of benzene rings is 1. The first kappa shape index (κ1) is 17.2. The van der Waals surface area contributed by atoms with Crippen molar-refractivity contribution in [2.45, 2.75) is 52.2 Å². The minimum absolute atomic E-state index is 0.0986. The molecule has 0 saturated carbocycles. The molecule has 0 fully saturated rings. The lowest BCUT2D eigenvalue weighted by Gasteiger charge is -2.23. The Kier molecular flexibility index (Phi) is 5.96. The summed E-state index contributed by atoms with van der Waals surface area (Å²) in [6.45, 7) is 7.57. The van der Waals surface area contributed by atoms with Gasteiger partial charge in [-0.1, -0.05) is 19.4 Å². The van der Waals surface area contributed by atoms with Crippen LogP contribution in [0, 0.1) is 10.1 Å². The average Bonchev–Trinajstić information content (AvgIpc) is 2.35. The molecule has 0 aromatic heterocycles. The molecule has 0 spiro atoms. The summed E-state index contributed by atoms with van der Waals surface area (Å²) < 4.78 is 5.48. The van der Waals surface area contributed by atoms with Crippen molar-refractivity contribution in [3.63, 3.8) is 0 Å². The van der Waals surface area contributed by atoms with Gasteiger partial charge in [0, 0.05) is 6.54 Å². The van der Waals surface area contributed by atoms with Gasteiger partial charge in [0.15, 0.2) is 5.75 Å². The second-order valence-electron chi connectivity index (χ2n) is 5.68. The van der Waals surface area contributed by atoms with E-state index in [2.05, 4.69) is 5.32 Å². The average molecular weight is 296 g/mol. The van der Waals surface area contributed by atoms with Crippen LogP contribution in [-0.2, 0) is 0 Å². The molecule has 0 bridgehead atoms. The molecule has 0 aliphatic heterocycles.